The zero-order valence-electron chi connectivity index (χ0n) is 75.4. The van der Waals surface area contributed by atoms with Crippen molar-refractivity contribution in [1.29, 1.82) is 0 Å². The number of ketones is 5. The summed E-state index contributed by atoms with van der Waals surface area (Å²) in [5, 5.41) is 46.2. The number of aliphatic hydroxyl groups is 5. The van der Waals surface area contributed by atoms with Gasteiger partial charge >= 0.3 is 0 Å². The molecule has 0 aliphatic carbocycles. The van der Waals surface area contributed by atoms with Crippen LogP contribution in [0.15, 0.2) is 356 Å². The summed E-state index contributed by atoms with van der Waals surface area (Å²) in [4.78, 5) is 79.2. The summed E-state index contributed by atoms with van der Waals surface area (Å²) in [6.07, 6.45) is 15.0. The Labute approximate surface area is 857 Å². The molecule has 14 rings (SSSR count). The average molecular weight is 2840 g/mol. The minimum absolute atomic E-state index is 0. The van der Waals surface area contributed by atoms with Crippen LogP contribution in [-0.2, 0) is 150 Å². The minimum atomic E-state index is -0.125. The number of fused-ring (bicyclic) bond motifs is 1. The number of rotatable bonds is 14. The zero-order valence-corrected chi connectivity index (χ0v) is 90.6. The van der Waals surface area contributed by atoms with Gasteiger partial charge in [-0.25, -0.2) is 11.3 Å². The number of hydrogen-bond donors (Lipinski definition) is 5. The molecule has 0 saturated heterocycles. The predicted molar refractivity (Wildman–Crippen MR) is 507 cm³/mol. The van der Waals surface area contributed by atoms with Crippen molar-refractivity contribution in [3.63, 3.8) is 0 Å². The number of nitrogens with zero attached hydrogens (tertiary/aromatic N) is 7. The number of carbonyl (C=O) groups excluding carboxylic acids is 5. The van der Waals surface area contributed by atoms with Gasteiger partial charge in [0.15, 0.2) is 28.9 Å². The average Bonchev–Trinajstić information content (AvgIpc) is 0.932. The van der Waals surface area contributed by atoms with Gasteiger partial charge in [0.2, 0.25) is 5.88 Å². The molecule has 698 valence electrons. The number of ether oxygens (including phenoxy) is 1. The fraction of sp³-hybridized carbons (Fsp3) is 0.160. The molecule has 5 N–H and O–H groups in total. The molecule has 0 unspecified atom stereocenters. The Morgan fingerprint density at radius 1 is 0.351 bits per heavy atom. The molecule has 7 aromatic carbocycles. The number of methoxy groups -OCH3 is 1. The number of hydrogen-bond acceptors (Lipinski definition) is 19. The fourth-order valence-corrected chi connectivity index (χ4v) is 10.9. The minimum Gasteiger partial charge on any atom is -0.512 e. The van der Waals surface area contributed by atoms with Gasteiger partial charge in [-0.3, -0.25) is 29.0 Å². The molecule has 0 amide bonds. The first kappa shape index (κ1) is 124. The smallest absolute Gasteiger partial charge is 0.203 e. The van der Waals surface area contributed by atoms with Crippen molar-refractivity contribution in [2.24, 2.45) is 0 Å². The number of aliphatic hydroxyl groups excluding tert-OH is 5. The quantitative estimate of drug-likeness (QED) is 0.0384. The molecule has 0 bridgehead atoms. The van der Waals surface area contributed by atoms with Crippen LogP contribution >= 0.6 is 11.3 Å². The molecule has 0 fully saturated rings. The van der Waals surface area contributed by atoms with Crippen LogP contribution in [0.1, 0.15) is 95.6 Å². The second-order valence-corrected chi connectivity index (χ2v) is 29.1. The van der Waals surface area contributed by atoms with Crippen molar-refractivity contribution in [2.75, 3.05) is 26.1 Å². The van der Waals surface area contributed by atoms with Gasteiger partial charge in [0.25, 0.3) is 0 Å². The Balaban J connectivity index is -0.00000139. The second-order valence-electron chi connectivity index (χ2n) is 28.2. The fourth-order valence-electron chi connectivity index (χ4n) is 10.2. The Bertz CT molecular complexity index is 5450. The van der Waals surface area contributed by atoms with E-state index >= 15 is 0 Å². The summed E-state index contributed by atoms with van der Waals surface area (Å²) in [7, 11) is 5.66. The van der Waals surface area contributed by atoms with Gasteiger partial charge in [-0.15, -0.1) is 178 Å². The summed E-state index contributed by atoms with van der Waals surface area (Å²) in [6.45, 7) is 20.9. The van der Waals surface area contributed by atoms with Crippen LogP contribution < -0.4 is 9.64 Å². The molecule has 0 atom stereocenters. The van der Waals surface area contributed by atoms with E-state index in [0.29, 0.717) is 5.88 Å². The van der Waals surface area contributed by atoms with E-state index in [9.17, 15) is 24.0 Å². The van der Waals surface area contributed by atoms with E-state index in [2.05, 4.69) is 159 Å². The third kappa shape index (κ3) is 55.0. The number of thiophene rings is 1. The van der Waals surface area contributed by atoms with Crippen molar-refractivity contribution in [3.05, 3.63) is 398 Å². The first-order valence-electron chi connectivity index (χ1n) is 39.3. The number of anilines is 1. The molecule has 14 aromatic rings. The molecular formula is C106H107Ir6N7O11S-6. The van der Waals surface area contributed by atoms with Crippen LogP contribution in [0.3, 0.4) is 0 Å². The van der Waals surface area contributed by atoms with Crippen molar-refractivity contribution >= 4 is 56.7 Å². The molecule has 0 saturated carbocycles. The van der Waals surface area contributed by atoms with Gasteiger partial charge in [-0.2, -0.15) is 12.1 Å². The molecule has 0 spiro atoms. The maximum atomic E-state index is 10.0. The number of benzene rings is 7. The summed E-state index contributed by atoms with van der Waals surface area (Å²) in [5.74, 6) is 0.312. The third-order valence-corrected chi connectivity index (χ3v) is 16.5. The largest absolute Gasteiger partial charge is 0.512 e. The molecular weight excluding hydrogens is 2730 g/mol. The molecule has 7 heterocycles. The Hall–Kier alpha value is -11.1. The first-order chi connectivity index (χ1) is 59.7. The van der Waals surface area contributed by atoms with E-state index in [1.807, 2.05) is 226 Å². The Kier molecular flexibility index (Phi) is 67.0. The molecule has 0 aliphatic heterocycles. The number of pyridine rings is 6. The standard InChI is InChI=1S/C17H12N.C15H10N.C15H16N.C13H13N2.C12H10NO.C9H6NS.5C5H8O2.6Ir/c1-2-6-14(7-3-1)15-9-11-16(12-10-15)17-8-4-5-13-18-17;1-2-6-12(7-3-1)15-10-13-8-4-5-9-14(13)11-16-15;1-15(2,3)13-9-7-12(8-10-13)14-6-4-5-11-16-14;1-15(2)12-8-9-14-13(10-12)11-6-4-3-5-7-11;1-14-12-9-5-8-11(13-12)10-6-3-2-4-7-10;1-2-6-10-8(4-1)9-5-3-7-11-9;5*1-4(6)3-5(2)7;;;;;;/h1-11,13H;1-6,8-11H;4-7,9-11H,1-3H3;3-6,8-10H,1-2H3;2-6,8-9H,1H3;1-4,6-7H;5*3,6H,1-2H3;;;;;;/q6*-1;;;;;;;;;;;. The van der Waals surface area contributed by atoms with Gasteiger partial charge in [0.05, 0.1) is 35.9 Å². The van der Waals surface area contributed by atoms with E-state index in [0.717, 1.165) is 72.5 Å². The van der Waals surface area contributed by atoms with Crippen molar-refractivity contribution in [2.45, 2.75) is 95.4 Å². The maximum absolute atomic E-state index is 10.0. The van der Waals surface area contributed by atoms with Crippen LogP contribution in [0, 0.1) is 36.4 Å². The van der Waals surface area contributed by atoms with Gasteiger partial charge in [0.1, 0.15) is 0 Å². The molecule has 0 aliphatic rings. The van der Waals surface area contributed by atoms with Gasteiger partial charge < -0.3 is 60.1 Å². The van der Waals surface area contributed by atoms with E-state index in [1.165, 1.54) is 127 Å². The molecule has 18 nitrogen and oxygen atoms in total. The Morgan fingerprint density at radius 3 is 1.08 bits per heavy atom. The van der Waals surface area contributed by atoms with Gasteiger partial charge in [0, 0.05) is 202 Å². The van der Waals surface area contributed by atoms with Crippen molar-refractivity contribution < 1.29 is 175 Å². The Morgan fingerprint density at radius 2 is 0.733 bits per heavy atom. The van der Waals surface area contributed by atoms with E-state index in [-0.39, 0.29) is 184 Å². The van der Waals surface area contributed by atoms with Gasteiger partial charge in [-0.05, 0) is 150 Å². The summed E-state index contributed by atoms with van der Waals surface area (Å²) >= 11 is 1.66. The normalized spacial score (nSPS) is 10.2. The van der Waals surface area contributed by atoms with E-state index in [1.54, 1.807) is 37.0 Å². The number of allylic oxidation sites excluding steroid dienone is 10. The second kappa shape index (κ2) is 70.7. The molecule has 6 radical (unpaired) electrons. The van der Waals surface area contributed by atoms with Crippen LogP contribution in [0.25, 0.3) is 88.8 Å². The number of carbonyl (C=O) groups is 5. The van der Waals surface area contributed by atoms with Crippen molar-refractivity contribution in [3.8, 4) is 83.9 Å². The number of aromatic nitrogens is 6. The maximum Gasteiger partial charge on any atom is 0.203 e. The molecule has 25 heteroatoms. The summed E-state index contributed by atoms with van der Waals surface area (Å²) in [6, 6.07) is 105. The van der Waals surface area contributed by atoms with Crippen LogP contribution in [0.2, 0.25) is 0 Å². The monoisotopic (exact) mass is 2840 g/mol. The van der Waals surface area contributed by atoms with Crippen LogP contribution in [-0.4, -0.2) is 106 Å². The van der Waals surface area contributed by atoms with Crippen molar-refractivity contribution in [1.82, 2.24) is 29.9 Å². The first-order valence-corrected chi connectivity index (χ1v) is 40.2. The molecule has 131 heavy (non-hydrogen) atoms. The summed E-state index contributed by atoms with van der Waals surface area (Å²) in [5.41, 5.74) is 15.9. The third-order valence-electron chi connectivity index (χ3n) is 15.7. The van der Waals surface area contributed by atoms with E-state index < -0.39 is 0 Å². The summed E-state index contributed by atoms with van der Waals surface area (Å²) < 4.78 is 5.05. The predicted octanol–water partition coefficient (Wildman–Crippen LogP) is 24.7. The topological polar surface area (TPSA) is 276 Å². The SMILES string of the molecule is CC(=O)C=C(C)O.CC(=O)C=C(C)O.CC(=O)C=C(C)O.CC(=O)C=C(C)O.CC(=O)C=C(C)O.CC(C)(C)c1c[c-]c(-c2ccccn2)cc1.CN(C)c1ccnc(-c2[c-]cccc2)c1.COc1cccc(-c2[c-]cccc2)n1.[Ir].[Ir].[Ir].[Ir].[Ir].[Ir].[c-]1cc(-c2ccccc2)ccc1-c1ccccn1.[c-]1ccccc1-c1cc2ccccc2cn1.[c-]1ccsc1-c1ccccn1. The zero-order chi connectivity index (χ0) is 91.9. The van der Waals surface area contributed by atoms with E-state index in [4.69, 9.17) is 30.3 Å². The molecule has 7 aromatic heterocycles. The van der Waals surface area contributed by atoms with Crippen LogP contribution in [0.5, 0.6) is 5.88 Å². The van der Waals surface area contributed by atoms with Gasteiger partial charge in [-0.1, -0.05) is 152 Å². The van der Waals surface area contributed by atoms with Crippen LogP contribution in [0.4, 0.5) is 5.69 Å².